The molecule has 1 aromatic heterocycles. The lowest BCUT2D eigenvalue weighted by Gasteiger charge is -2.12. The van der Waals surface area contributed by atoms with Crippen LogP contribution >= 0.6 is 0 Å². The highest BCUT2D eigenvalue weighted by Gasteiger charge is 2.12. The van der Waals surface area contributed by atoms with Gasteiger partial charge < -0.3 is 15.2 Å². The van der Waals surface area contributed by atoms with Crippen molar-refractivity contribution in [2.45, 2.75) is 13.0 Å². The maximum absolute atomic E-state index is 5.80. The molecule has 0 amide bonds. The van der Waals surface area contributed by atoms with Crippen LogP contribution in [0.5, 0.6) is 0 Å². The maximum Gasteiger partial charge on any atom is 0.141 e. The van der Waals surface area contributed by atoms with E-state index in [0.29, 0.717) is 0 Å². The lowest BCUT2D eigenvalue weighted by molar-refractivity contribution is 0.388. The van der Waals surface area contributed by atoms with E-state index in [0.717, 1.165) is 42.1 Å². The third-order valence-corrected chi connectivity index (χ3v) is 3.81. The minimum Gasteiger partial charge on any atom is -0.399 e. The largest absolute Gasteiger partial charge is 0.399 e. The summed E-state index contributed by atoms with van der Waals surface area (Å²) in [5.41, 5.74) is 9.91. The van der Waals surface area contributed by atoms with Crippen LogP contribution < -0.4 is 5.73 Å². The second-order valence-electron chi connectivity index (χ2n) is 5.85. The average Bonchev–Trinajstić information content (AvgIpc) is 2.87. The van der Waals surface area contributed by atoms with Crippen LogP contribution in [-0.4, -0.2) is 35.1 Å². The molecular formula is C18H22N4. The SMILES string of the molecule is CN(C)CCCn1c(-c2ccc(N)cc2)nc2ccccc21. The van der Waals surface area contributed by atoms with Crippen molar-refractivity contribution in [3.8, 4) is 11.4 Å². The summed E-state index contributed by atoms with van der Waals surface area (Å²) in [4.78, 5) is 7.03. The highest BCUT2D eigenvalue weighted by Crippen LogP contribution is 2.25. The third-order valence-electron chi connectivity index (χ3n) is 3.81. The zero-order valence-corrected chi connectivity index (χ0v) is 13.2. The molecular weight excluding hydrogens is 272 g/mol. The van der Waals surface area contributed by atoms with E-state index in [4.69, 9.17) is 10.7 Å². The van der Waals surface area contributed by atoms with Gasteiger partial charge in [0.05, 0.1) is 11.0 Å². The maximum atomic E-state index is 5.80. The molecule has 4 heteroatoms. The number of rotatable bonds is 5. The zero-order valence-electron chi connectivity index (χ0n) is 13.2. The van der Waals surface area contributed by atoms with Crippen LogP contribution in [0, 0.1) is 0 Å². The quantitative estimate of drug-likeness (QED) is 0.735. The fourth-order valence-electron chi connectivity index (χ4n) is 2.70. The van der Waals surface area contributed by atoms with Crippen LogP contribution in [0.25, 0.3) is 22.4 Å². The summed E-state index contributed by atoms with van der Waals surface area (Å²) in [5.74, 6) is 1.01. The van der Waals surface area contributed by atoms with Gasteiger partial charge in [-0.15, -0.1) is 0 Å². The highest BCUT2D eigenvalue weighted by molar-refractivity contribution is 5.80. The summed E-state index contributed by atoms with van der Waals surface area (Å²) in [6.07, 6.45) is 1.09. The van der Waals surface area contributed by atoms with E-state index in [1.54, 1.807) is 0 Å². The minimum atomic E-state index is 0.777. The fourth-order valence-corrected chi connectivity index (χ4v) is 2.70. The molecule has 2 N–H and O–H groups in total. The van der Waals surface area contributed by atoms with E-state index in [2.05, 4.69) is 41.8 Å². The molecule has 0 saturated heterocycles. The molecule has 0 unspecified atom stereocenters. The van der Waals surface area contributed by atoms with Crippen LogP contribution in [0.2, 0.25) is 0 Å². The molecule has 0 aliphatic rings. The second-order valence-corrected chi connectivity index (χ2v) is 5.85. The Bertz CT molecular complexity index is 756. The number of imidazole rings is 1. The summed E-state index contributed by atoms with van der Waals surface area (Å²) in [6, 6.07) is 16.2. The number of fused-ring (bicyclic) bond motifs is 1. The number of benzene rings is 2. The van der Waals surface area contributed by atoms with Gasteiger partial charge in [-0.1, -0.05) is 12.1 Å². The van der Waals surface area contributed by atoms with Gasteiger partial charge in [0, 0.05) is 17.8 Å². The number of nitrogen functional groups attached to an aromatic ring is 1. The first-order chi connectivity index (χ1) is 10.6. The highest BCUT2D eigenvalue weighted by atomic mass is 15.1. The Labute approximate surface area is 131 Å². The first kappa shape index (κ1) is 14.6. The molecule has 0 spiro atoms. The summed E-state index contributed by atoms with van der Waals surface area (Å²) in [6.45, 7) is 2.02. The Morgan fingerprint density at radius 2 is 1.77 bits per heavy atom. The molecule has 3 aromatic rings. The van der Waals surface area contributed by atoms with E-state index in [9.17, 15) is 0 Å². The molecule has 3 rings (SSSR count). The predicted octanol–water partition coefficient (Wildman–Crippen LogP) is 3.24. The molecule has 22 heavy (non-hydrogen) atoms. The summed E-state index contributed by atoms with van der Waals surface area (Å²) < 4.78 is 2.31. The Morgan fingerprint density at radius 1 is 1.05 bits per heavy atom. The minimum absolute atomic E-state index is 0.777. The number of nitrogens with two attached hydrogens (primary N) is 1. The smallest absolute Gasteiger partial charge is 0.141 e. The topological polar surface area (TPSA) is 47.1 Å². The van der Waals surface area contributed by atoms with E-state index < -0.39 is 0 Å². The van der Waals surface area contributed by atoms with Crippen molar-refractivity contribution in [1.82, 2.24) is 14.5 Å². The number of hydrogen-bond acceptors (Lipinski definition) is 3. The van der Waals surface area contributed by atoms with Crippen molar-refractivity contribution < 1.29 is 0 Å². The van der Waals surface area contributed by atoms with Gasteiger partial charge in [0.2, 0.25) is 0 Å². The van der Waals surface area contributed by atoms with Crippen LogP contribution in [0.15, 0.2) is 48.5 Å². The van der Waals surface area contributed by atoms with Crippen LogP contribution in [-0.2, 0) is 6.54 Å². The van der Waals surface area contributed by atoms with Crippen molar-refractivity contribution in [2.75, 3.05) is 26.4 Å². The Morgan fingerprint density at radius 3 is 2.50 bits per heavy atom. The first-order valence-corrected chi connectivity index (χ1v) is 7.61. The molecule has 0 bridgehead atoms. The number of nitrogens with zero attached hydrogens (tertiary/aromatic N) is 3. The van der Waals surface area contributed by atoms with Crippen LogP contribution in [0.3, 0.4) is 0 Å². The molecule has 114 valence electrons. The number of para-hydroxylation sites is 2. The number of hydrogen-bond donors (Lipinski definition) is 1. The normalized spacial score (nSPS) is 11.4. The predicted molar refractivity (Wildman–Crippen MR) is 92.8 cm³/mol. The van der Waals surface area contributed by atoms with E-state index in [1.807, 2.05) is 30.3 Å². The molecule has 0 aliphatic carbocycles. The van der Waals surface area contributed by atoms with Crippen molar-refractivity contribution in [3.05, 3.63) is 48.5 Å². The number of anilines is 1. The van der Waals surface area contributed by atoms with E-state index in [-0.39, 0.29) is 0 Å². The summed E-state index contributed by atoms with van der Waals surface area (Å²) in [5, 5.41) is 0. The van der Waals surface area contributed by atoms with Crippen molar-refractivity contribution in [3.63, 3.8) is 0 Å². The monoisotopic (exact) mass is 294 g/mol. The third kappa shape index (κ3) is 2.97. The Balaban J connectivity index is 2.02. The second kappa shape index (κ2) is 6.20. The lowest BCUT2D eigenvalue weighted by atomic mass is 10.2. The molecule has 0 fully saturated rings. The molecule has 0 radical (unpaired) electrons. The number of aromatic nitrogens is 2. The molecule has 0 atom stereocenters. The first-order valence-electron chi connectivity index (χ1n) is 7.61. The molecule has 1 heterocycles. The Hall–Kier alpha value is -2.33. The van der Waals surface area contributed by atoms with Crippen molar-refractivity contribution in [2.24, 2.45) is 0 Å². The summed E-state index contributed by atoms with van der Waals surface area (Å²) in [7, 11) is 4.21. The van der Waals surface area contributed by atoms with E-state index >= 15 is 0 Å². The van der Waals surface area contributed by atoms with Gasteiger partial charge in [-0.2, -0.15) is 0 Å². The van der Waals surface area contributed by atoms with Gasteiger partial charge in [-0.3, -0.25) is 0 Å². The molecule has 0 saturated carbocycles. The fraction of sp³-hybridized carbons (Fsp3) is 0.278. The van der Waals surface area contributed by atoms with Gasteiger partial charge in [0.25, 0.3) is 0 Å². The van der Waals surface area contributed by atoms with Crippen molar-refractivity contribution >= 4 is 16.7 Å². The van der Waals surface area contributed by atoms with Crippen LogP contribution in [0.4, 0.5) is 5.69 Å². The molecule has 4 nitrogen and oxygen atoms in total. The van der Waals surface area contributed by atoms with Gasteiger partial charge in [-0.25, -0.2) is 4.98 Å². The van der Waals surface area contributed by atoms with Gasteiger partial charge in [0.15, 0.2) is 0 Å². The average molecular weight is 294 g/mol. The lowest BCUT2D eigenvalue weighted by Crippen LogP contribution is -2.15. The summed E-state index contributed by atoms with van der Waals surface area (Å²) >= 11 is 0. The zero-order chi connectivity index (χ0) is 15.5. The Kier molecular flexibility index (Phi) is 4.11. The molecule has 2 aromatic carbocycles. The van der Waals surface area contributed by atoms with Gasteiger partial charge in [0.1, 0.15) is 5.82 Å². The van der Waals surface area contributed by atoms with E-state index in [1.165, 1.54) is 5.52 Å². The number of aryl methyl sites for hydroxylation is 1. The van der Waals surface area contributed by atoms with Crippen molar-refractivity contribution in [1.29, 1.82) is 0 Å². The standard InChI is InChI=1S/C18H22N4/c1-21(2)12-5-13-22-17-7-4-3-6-16(17)20-18(22)14-8-10-15(19)11-9-14/h3-4,6-11H,5,12-13,19H2,1-2H3. The van der Waals surface area contributed by atoms with Crippen LogP contribution in [0.1, 0.15) is 6.42 Å². The molecule has 0 aliphatic heterocycles. The van der Waals surface area contributed by atoms with Gasteiger partial charge >= 0.3 is 0 Å². The van der Waals surface area contributed by atoms with Gasteiger partial charge in [-0.05, 0) is 63.5 Å².